The van der Waals surface area contributed by atoms with Gasteiger partial charge in [-0.25, -0.2) is 4.79 Å². The van der Waals surface area contributed by atoms with E-state index < -0.39 is 5.97 Å². The Bertz CT molecular complexity index is 623. The Morgan fingerprint density at radius 2 is 1.90 bits per heavy atom. The minimum atomic E-state index is -0.955. The normalized spacial score (nSPS) is 10.1. The van der Waals surface area contributed by atoms with Gasteiger partial charge in [0, 0.05) is 17.8 Å². The lowest BCUT2D eigenvalue weighted by atomic mass is 10.1. The van der Waals surface area contributed by atoms with Crippen LogP contribution in [0.1, 0.15) is 22.8 Å². The number of anilines is 1. The number of carboxylic acid groups (broad SMARTS) is 1. The van der Waals surface area contributed by atoms with Gasteiger partial charge in [0.2, 0.25) is 0 Å². The standard InChI is InChI=1S/C16H17NO4/c1-2-21-14-5-3-4-12(15(14)18)10-17-13-8-6-11(7-9-13)16(19)20/h3-9,17-18H,2,10H2,1H3,(H,19,20). The first kappa shape index (κ1) is 14.7. The van der Waals surface area contributed by atoms with Crippen molar-refractivity contribution in [2.45, 2.75) is 13.5 Å². The van der Waals surface area contributed by atoms with Crippen LogP contribution in [0.15, 0.2) is 42.5 Å². The largest absolute Gasteiger partial charge is 0.504 e. The van der Waals surface area contributed by atoms with Crippen molar-refractivity contribution < 1.29 is 19.7 Å². The van der Waals surface area contributed by atoms with E-state index in [0.717, 1.165) is 5.69 Å². The molecule has 0 spiro atoms. The third-order valence-corrected chi connectivity index (χ3v) is 3.00. The minimum absolute atomic E-state index is 0.119. The van der Waals surface area contributed by atoms with Crippen LogP contribution in [-0.4, -0.2) is 22.8 Å². The van der Waals surface area contributed by atoms with Crippen molar-refractivity contribution in [2.75, 3.05) is 11.9 Å². The first-order valence-electron chi connectivity index (χ1n) is 6.62. The molecule has 0 aliphatic rings. The van der Waals surface area contributed by atoms with Crippen LogP contribution in [0.4, 0.5) is 5.69 Å². The number of benzene rings is 2. The van der Waals surface area contributed by atoms with Gasteiger partial charge >= 0.3 is 5.97 Å². The summed E-state index contributed by atoms with van der Waals surface area (Å²) in [4.78, 5) is 10.8. The predicted molar refractivity (Wildman–Crippen MR) is 80.0 cm³/mol. The molecule has 21 heavy (non-hydrogen) atoms. The number of para-hydroxylation sites is 1. The van der Waals surface area contributed by atoms with E-state index in [1.54, 1.807) is 24.3 Å². The Labute approximate surface area is 122 Å². The van der Waals surface area contributed by atoms with Gasteiger partial charge in [-0.1, -0.05) is 12.1 Å². The zero-order valence-electron chi connectivity index (χ0n) is 11.7. The summed E-state index contributed by atoms with van der Waals surface area (Å²) in [6.07, 6.45) is 0. The lowest BCUT2D eigenvalue weighted by molar-refractivity contribution is 0.0697. The number of carbonyl (C=O) groups is 1. The molecule has 0 radical (unpaired) electrons. The highest BCUT2D eigenvalue weighted by atomic mass is 16.5. The summed E-state index contributed by atoms with van der Waals surface area (Å²) < 4.78 is 5.33. The molecule has 0 aromatic heterocycles. The van der Waals surface area contributed by atoms with Crippen molar-refractivity contribution in [3.63, 3.8) is 0 Å². The lowest BCUT2D eigenvalue weighted by Gasteiger charge is -2.11. The van der Waals surface area contributed by atoms with Gasteiger partial charge in [-0.05, 0) is 37.3 Å². The number of nitrogens with one attached hydrogen (secondary N) is 1. The maximum absolute atomic E-state index is 10.8. The first-order valence-corrected chi connectivity index (χ1v) is 6.62. The number of hydrogen-bond acceptors (Lipinski definition) is 4. The highest BCUT2D eigenvalue weighted by Gasteiger charge is 2.08. The van der Waals surface area contributed by atoms with Gasteiger partial charge in [-0.3, -0.25) is 0 Å². The van der Waals surface area contributed by atoms with Gasteiger partial charge in [0.1, 0.15) is 0 Å². The number of phenols is 1. The van der Waals surface area contributed by atoms with Crippen LogP contribution < -0.4 is 10.1 Å². The van der Waals surface area contributed by atoms with Crippen LogP contribution in [0, 0.1) is 0 Å². The molecular weight excluding hydrogens is 270 g/mol. The summed E-state index contributed by atoms with van der Waals surface area (Å²) in [5.74, 6) is -0.379. The van der Waals surface area contributed by atoms with E-state index in [1.807, 2.05) is 13.0 Å². The Morgan fingerprint density at radius 3 is 2.52 bits per heavy atom. The molecule has 5 heteroatoms. The van der Waals surface area contributed by atoms with E-state index in [9.17, 15) is 9.90 Å². The molecule has 0 heterocycles. The molecule has 2 aromatic carbocycles. The topological polar surface area (TPSA) is 78.8 Å². The van der Waals surface area contributed by atoms with Crippen molar-refractivity contribution in [1.82, 2.24) is 0 Å². The van der Waals surface area contributed by atoms with Gasteiger partial charge in [-0.15, -0.1) is 0 Å². The summed E-state index contributed by atoms with van der Waals surface area (Å²) in [6.45, 7) is 2.76. The van der Waals surface area contributed by atoms with Gasteiger partial charge in [-0.2, -0.15) is 0 Å². The van der Waals surface area contributed by atoms with Crippen LogP contribution in [0.5, 0.6) is 11.5 Å². The molecule has 2 rings (SSSR count). The highest BCUT2D eigenvalue weighted by molar-refractivity contribution is 5.87. The molecule has 5 nitrogen and oxygen atoms in total. The summed E-state index contributed by atoms with van der Waals surface area (Å²) in [6, 6.07) is 11.8. The van der Waals surface area contributed by atoms with Crippen LogP contribution in [0.2, 0.25) is 0 Å². The Kier molecular flexibility index (Phi) is 4.66. The number of rotatable bonds is 6. The predicted octanol–water partition coefficient (Wildman–Crippen LogP) is 3.10. The number of phenolic OH excluding ortho intramolecular Hbond substituents is 1. The van der Waals surface area contributed by atoms with Crippen molar-refractivity contribution in [3.8, 4) is 11.5 Å². The molecule has 0 saturated carbocycles. The first-order chi connectivity index (χ1) is 10.1. The third kappa shape index (κ3) is 3.66. The molecule has 2 aromatic rings. The van der Waals surface area contributed by atoms with Gasteiger partial charge < -0.3 is 20.3 Å². The van der Waals surface area contributed by atoms with Crippen molar-refractivity contribution in [1.29, 1.82) is 0 Å². The van der Waals surface area contributed by atoms with E-state index >= 15 is 0 Å². The number of hydrogen-bond donors (Lipinski definition) is 3. The molecule has 0 bridgehead atoms. The summed E-state index contributed by atoms with van der Waals surface area (Å²) in [5.41, 5.74) is 1.73. The fourth-order valence-electron chi connectivity index (χ4n) is 1.91. The molecule has 0 aliphatic heterocycles. The second kappa shape index (κ2) is 6.65. The summed E-state index contributed by atoms with van der Waals surface area (Å²) >= 11 is 0. The minimum Gasteiger partial charge on any atom is -0.504 e. The van der Waals surface area contributed by atoms with Crippen LogP contribution in [0.3, 0.4) is 0 Å². The summed E-state index contributed by atoms with van der Waals surface area (Å²) in [5, 5.41) is 22.0. The third-order valence-electron chi connectivity index (χ3n) is 3.00. The van der Waals surface area contributed by atoms with Crippen molar-refractivity contribution in [2.24, 2.45) is 0 Å². The maximum Gasteiger partial charge on any atom is 0.335 e. The maximum atomic E-state index is 10.8. The zero-order chi connectivity index (χ0) is 15.2. The molecular formula is C16H17NO4. The van der Waals surface area contributed by atoms with E-state index in [4.69, 9.17) is 9.84 Å². The number of ether oxygens (including phenoxy) is 1. The van der Waals surface area contributed by atoms with E-state index in [0.29, 0.717) is 24.5 Å². The Hall–Kier alpha value is -2.69. The summed E-state index contributed by atoms with van der Waals surface area (Å²) in [7, 11) is 0. The van der Waals surface area contributed by atoms with Gasteiger partial charge in [0.05, 0.1) is 12.2 Å². The van der Waals surface area contributed by atoms with Crippen molar-refractivity contribution >= 4 is 11.7 Å². The zero-order valence-corrected chi connectivity index (χ0v) is 11.7. The SMILES string of the molecule is CCOc1cccc(CNc2ccc(C(=O)O)cc2)c1O. The average molecular weight is 287 g/mol. The second-order valence-corrected chi connectivity index (χ2v) is 4.43. The highest BCUT2D eigenvalue weighted by Crippen LogP contribution is 2.30. The van der Waals surface area contributed by atoms with Crippen LogP contribution in [-0.2, 0) is 6.54 Å². The van der Waals surface area contributed by atoms with E-state index in [1.165, 1.54) is 12.1 Å². The van der Waals surface area contributed by atoms with Gasteiger partial charge in [0.15, 0.2) is 11.5 Å². The Balaban J connectivity index is 2.06. The van der Waals surface area contributed by atoms with Crippen LogP contribution >= 0.6 is 0 Å². The molecule has 0 aliphatic carbocycles. The fourth-order valence-corrected chi connectivity index (χ4v) is 1.91. The van der Waals surface area contributed by atoms with Crippen LogP contribution in [0.25, 0.3) is 0 Å². The molecule has 0 saturated heterocycles. The molecule has 0 amide bonds. The number of aromatic hydroxyl groups is 1. The Morgan fingerprint density at radius 1 is 1.19 bits per heavy atom. The second-order valence-electron chi connectivity index (χ2n) is 4.43. The quantitative estimate of drug-likeness (QED) is 0.761. The van der Waals surface area contributed by atoms with E-state index in [2.05, 4.69) is 5.32 Å². The molecule has 110 valence electrons. The van der Waals surface area contributed by atoms with Crippen molar-refractivity contribution in [3.05, 3.63) is 53.6 Å². The fraction of sp³-hybridized carbons (Fsp3) is 0.188. The smallest absolute Gasteiger partial charge is 0.335 e. The molecule has 0 unspecified atom stereocenters. The molecule has 0 fully saturated rings. The molecule has 0 atom stereocenters. The monoisotopic (exact) mass is 287 g/mol. The molecule has 3 N–H and O–H groups in total. The number of carboxylic acids is 1. The number of aromatic carboxylic acids is 1. The van der Waals surface area contributed by atoms with Gasteiger partial charge in [0.25, 0.3) is 0 Å². The lowest BCUT2D eigenvalue weighted by Crippen LogP contribution is -2.02. The average Bonchev–Trinajstić information content (AvgIpc) is 2.49. The van der Waals surface area contributed by atoms with E-state index in [-0.39, 0.29) is 11.3 Å².